The summed E-state index contributed by atoms with van der Waals surface area (Å²) in [6, 6.07) is 9.85. The van der Waals surface area contributed by atoms with E-state index in [0.29, 0.717) is 28.1 Å². The molecule has 0 saturated heterocycles. The summed E-state index contributed by atoms with van der Waals surface area (Å²) in [6.45, 7) is 4.60. The molecule has 2 heterocycles. The Kier molecular flexibility index (Phi) is 5.50. The van der Waals surface area contributed by atoms with Gasteiger partial charge in [0, 0.05) is 17.5 Å². The predicted molar refractivity (Wildman–Crippen MR) is 102 cm³/mol. The molecule has 0 aliphatic carbocycles. The molecule has 25 heavy (non-hydrogen) atoms. The van der Waals surface area contributed by atoms with E-state index in [2.05, 4.69) is 22.3 Å². The summed E-state index contributed by atoms with van der Waals surface area (Å²) in [7, 11) is 0. The number of aryl methyl sites for hydroxylation is 2. The topological polar surface area (TPSA) is 59.8 Å². The molecule has 3 aromatic rings. The fraction of sp³-hybridized carbons (Fsp3) is 0.278. The monoisotopic (exact) mass is 374 g/mol. The van der Waals surface area contributed by atoms with Gasteiger partial charge in [0.05, 0.1) is 17.0 Å². The second-order valence-electron chi connectivity index (χ2n) is 5.69. The molecule has 0 fully saturated rings. The Labute approximate surface area is 155 Å². The Balaban J connectivity index is 1.77. The number of carbonyl (C=O) groups is 1. The van der Waals surface area contributed by atoms with Crippen LogP contribution in [0.1, 0.15) is 35.8 Å². The van der Waals surface area contributed by atoms with Crippen molar-refractivity contribution >= 4 is 34.0 Å². The zero-order chi connectivity index (χ0) is 17.8. The minimum absolute atomic E-state index is 0.279. The first-order valence-corrected chi connectivity index (χ1v) is 9.41. The first kappa shape index (κ1) is 17.6. The van der Waals surface area contributed by atoms with Gasteiger partial charge in [-0.05, 0) is 13.3 Å². The lowest BCUT2D eigenvalue weighted by Crippen LogP contribution is -2.13. The minimum Gasteiger partial charge on any atom is -0.298 e. The van der Waals surface area contributed by atoms with Crippen LogP contribution in [0.5, 0.6) is 0 Å². The van der Waals surface area contributed by atoms with Crippen molar-refractivity contribution in [3.8, 4) is 11.3 Å². The summed E-state index contributed by atoms with van der Waals surface area (Å²) >= 11 is 7.74. The van der Waals surface area contributed by atoms with E-state index >= 15 is 0 Å². The fourth-order valence-corrected chi connectivity index (χ4v) is 3.56. The average molecular weight is 375 g/mol. The van der Waals surface area contributed by atoms with E-state index in [1.807, 2.05) is 35.7 Å². The molecule has 0 aliphatic rings. The Morgan fingerprint density at radius 2 is 2.08 bits per heavy atom. The molecule has 0 aliphatic heterocycles. The number of benzene rings is 1. The maximum atomic E-state index is 12.6. The number of anilines is 1. The highest BCUT2D eigenvalue weighted by Crippen LogP contribution is 2.26. The molecular weight excluding hydrogens is 356 g/mol. The molecule has 0 radical (unpaired) electrons. The molecule has 1 N–H and O–H groups in total. The van der Waals surface area contributed by atoms with Crippen LogP contribution < -0.4 is 5.32 Å². The zero-order valence-corrected chi connectivity index (χ0v) is 15.7. The molecule has 0 atom stereocenters. The third-order valence-electron chi connectivity index (χ3n) is 3.81. The predicted octanol–water partition coefficient (Wildman–Crippen LogP) is 5.02. The van der Waals surface area contributed by atoms with E-state index in [1.165, 1.54) is 11.3 Å². The van der Waals surface area contributed by atoms with Crippen LogP contribution in [0.25, 0.3) is 11.3 Å². The second kappa shape index (κ2) is 7.80. The van der Waals surface area contributed by atoms with Gasteiger partial charge in [-0.2, -0.15) is 5.10 Å². The van der Waals surface area contributed by atoms with E-state index in [9.17, 15) is 4.79 Å². The summed E-state index contributed by atoms with van der Waals surface area (Å²) in [5.74, 6) is -0.279. The number of aromatic nitrogens is 3. The van der Waals surface area contributed by atoms with Crippen molar-refractivity contribution in [2.45, 2.75) is 33.2 Å². The lowest BCUT2D eigenvalue weighted by Gasteiger charge is -2.03. The highest BCUT2D eigenvalue weighted by atomic mass is 35.5. The maximum absolute atomic E-state index is 12.6. The van der Waals surface area contributed by atoms with Gasteiger partial charge in [0.15, 0.2) is 5.13 Å². The van der Waals surface area contributed by atoms with E-state index in [1.54, 1.807) is 11.6 Å². The summed E-state index contributed by atoms with van der Waals surface area (Å²) in [5.41, 5.74) is 2.89. The second-order valence-corrected chi connectivity index (χ2v) is 6.90. The number of hydrogen-bond donors (Lipinski definition) is 1. The largest absolute Gasteiger partial charge is 0.298 e. The van der Waals surface area contributed by atoms with Crippen molar-refractivity contribution in [3.63, 3.8) is 0 Å². The Morgan fingerprint density at radius 3 is 2.80 bits per heavy atom. The minimum atomic E-state index is -0.279. The van der Waals surface area contributed by atoms with E-state index in [0.717, 1.165) is 24.1 Å². The van der Waals surface area contributed by atoms with Crippen LogP contribution in [0, 0.1) is 6.92 Å². The van der Waals surface area contributed by atoms with Crippen molar-refractivity contribution in [2.75, 3.05) is 5.32 Å². The van der Waals surface area contributed by atoms with Crippen LogP contribution in [0.4, 0.5) is 5.13 Å². The third kappa shape index (κ3) is 3.91. The lowest BCUT2D eigenvalue weighted by atomic mass is 10.2. The Hall–Kier alpha value is -2.18. The summed E-state index contributed by atoms with van der Waals surface area (Å²) in [6.07, 6.45) is 2.01. The average Bonchev–Trinajstić information content (AvgIpc) is 3.18. The van der Waals surface area contributed by atoms with Crippen LogP contribution in [0.15, 0.2) is 35.7 Å². The first-order chi connectivity index (χ1) is 12.1. The van der Waals surface area contributed by atoms with Crippen LogP contribution in [-0.2, 0) is 6.54 Å². The van der Waals surface area contributed by atoms with Gasteiger partial charge in [-0.15, -0.1) is 11.3 Å². The van der Waals surface area contributed by atoms with Gasteiger partial charge in [-0.3, -0.25) is 14.8 Å². The SMILES string of the molecule is CCCCn1nc(C)c(C(=O)Nc2nc(-c3ccccc3)cs2)c1Cl. The molecule has 2 aromatic heterocycles. The van der Waals surface area contributed by atoms with Gasteiger partial charge >= 0.3 is 0 Å². The number of rotatable bonds is 6. The molecule has 1 aromatic carbocycles. The molecule has 0 saturated carbocycles. The Morgan fingerprint density at radius 1 is 1.32 bits per heavy atom. The van der Waals surface area contributed by atoms with Gasteiger partial charge in [0.2, 0.25) is 0 Å². The van der Waals surface area contributed by atoms with Gasteiger partial charge in [0.1, 0.15) is 5.15 Å². The fourth-order valence-electron chi connectivity index (χ4n) is 2.50. The highest BCUT2D eigenvalue weighted by Gasteiger charge is 2.21. The van der Waals surface area contributed by atoms with E-state index in [-0.39, 0.29) is 5.91 Å². The van der Waals surface area contributed by atoms with Gasteiger partial charge in [0.25, 0.3) is 5.91 Å². The summed E-state index contributed by atoms with van der Waals surface area (Å²) in [5, 5.41) is 10.0. The van der Waals surface area contributed by atoms with Crippen molar-refractivity contribution in [3.05, 3.63) is 52.1 Å². The molecule has 0 spiro atoms. The van der Waals surface area contributed by atoms with Gasteiger partial charge in [-0.1, -0.05) is 55.3 Å². The van der Waals surface area contributed by atoms with E-state index < -0.39 is 0 Å². The number of halogens is 1. The van der Waals surface area contributed by atoms with Gasteiger partial charge in [-0.25, -0.2) is 4.98 Å². The molecule has 7 heteroatoms. The number of carbonyl (C=O) groups excluding carboxylic acids is 1. The van der Waals surface area contributed by atoms with Crippen LogP contribution >= 0.6 is 22.9 Å². The Bertz CT molecular complexity index is 873. The van der Waals surface area contributed by atoms with E-state index in [4.69, 9.17) is 11.6 Å². The standard InChI is InChI=1S/C18H19ClN4OS/c1-3-4-10-23-16(19)15(12(2)22-23)17(24)21-18-20-14(11-25-18)13-8-6-5-7-9-13/h5-9,11H,3-4,10H2,1-2H3,(H,20,21,24). The number of nitrogens with one attached hydrogen (secondary N) is 1. The number of amides is 1. The number of hydrogen-bond acceptors (Lipinski definition) is 4. The number of nitrogens with zero attached hydrogens (tertiary/aromatic N) is 3. The smallest absolute Gasteiger partial charge is 0.262 e. The maximum Gasteiger partial charge on any atom is 0.262 e. The highest BCUT2D eigenvalue weighted by molar-refractivity contribution is 7.14. The van der Waals surface area contributed by atoms with Crippen molar-refractivity contribution < 1.29 is 4.79 Å². The molecule has 0 bridgehead atoms. The summed E-state index contributed by atoms with van der Waals surface area (Å²) in [4.78, 5) is 17.1. The quantitative estimate of drug-likeness (QED) is 0.658. The molecular formula is C18H19ClN4OS. The molecule has 1 amide bonds. The normalized spacial score (nSPS) is 10.8. The van der Waals surface area contributed by atoms with Gasteiger partial charge < -0.3 is 0 Å². The molecule has 5 nitrogen and oxygen atoms in total. The number of thiazole rings is 1. The zero-order valence-electron chi connectivity index (χ0n) is 14.1. The van der Waals surface area contributed by atoms with Crippen LogP contribution in [0.3, 0.4) is 0 Å². The lowest BCUT2D eigenvalue weighted by molar-refractivity contribution is 0.102. The van der Waals surface area contributed by atoms with Crippen LogP contribution in [0.2, 0.25) is 5.15 Å². The van der Waals surface area contributed by atoms with Crippen molar-refractivity contribution in [2.24, 2.45) is 0 Å². The third-order valence-corrected chi connectivity index (χ3v) is 4.95. The van der Waals surface area contributed by atoms with Crippen molar-refractivity contribution in [1.82, 2.24) is 14.8 Å². The summed E-state index contributed by atoms with van der Waals surface area (Å²) < 4.78 is 1.69. The molecule has 130 valence electrons. The molecule has 0 unspecified atom stereocenters. The first-order valence-electron chi connectivity index (χ1n) is 8.15. The van der Waals surface area contributed by atoms with Crippen molar-refractivity contribution in [1.29, 1.82) is 0 Å². The molecule has 3 rings (SSSR count). The van der Waals surface area contributed by atoms with Crippen LogP contribution in [-0.4, -0.2) is 20.7 Å². The number of unbranched alkanes of at least 4 members (excludes halogenated alkanes) is 1.